The molecule has 8 heterocycles. The number of halogens is 1. The Morgan fingerprint density at radius 3 is 1.59 bits per heavy atom. The van der Waals surface area contributed by atoms with E-state index in [1.807, 2.05) is 73.8 Å². The van der Waals surface area contributed by atoms with Crippen molar-refractivity contribution < 1.29 is 4.21 Å². The van der Waals surface area contributed by atoms with Gasteiger partial charge in [0.25, 0.3) is 0 Å². The van der Waals surface area contributed by atoms with Gasteiger partial charge in [-0.3, -0.25) is 39.1 Å². The van der Waals surface area contributed by atoms with Crippen LogP contribution in [0.1, 0.15) is 48.8 Å². The number of nitrogens with zero attached hydrogens (tertiary/aromatic N) is 7. The number of aliphatic imine (C=N–C) groups is 4. The van der Waals surface area contributed by atoms with Gasteiger partial charge in [-0.2, -0.15) is 0 Å². The van der Waals surface area contributed by atoms with Gasteiger partial charge in [0.05, 0.1) is 30.9 Å². The van der Waals surface area contributed by atoms with Crippen LogP contribution in [0.5, 0.6) is 0 Å². The Kier molecular flexibility index (Phi) is 19.5. The fraction of sp³-hybridized carbons (Fsp3) is 0.231. The minimum Gasteiger partial charge on any atom is -0.356 e. The summed E-state index contributed by atoms with van der Waals surface area (Å²) in [6, 6.07) is 11.9. The molecule has 0 amide bonds. The molecule has 0 radical (unpaired) electrons. The molecule has 1 atom stereocenters. The highest BCUT2D eigenvalue weighted by Crippen LogP contribution is 2.26. The van der Waals surface area contributed by atoms with Crippen molar-refractivity contribution in [2.45, 2.75) is 32.1 Å². The van der Waals surface area contributed by atoms with Crippen molar-refractivity contribution in [2.24, 2.45) is 20.0 Å². The minimum atomic E-state index is -0.958. The molecule has 0 aliphatic carbocycles. The molecule has 3 aromatic heterocycles. The van der Waals surface area contributed by atoms with Crippen LogP contribution in [0.25, 0.3) is 16.7 Å². The first-order valence-corrected chi connectivity index (χ1v) is 23.3. The highest BCUT2D eigenvalue weighted by atomic mass is 127. The summed E-state index contributed by atoms with van der Waals surface area (Å²) < 4.78 is 12.5. The van der Waals surface area contributed by atoms with E-state index in [2.05, 4.69) is 87.5 Å². The van der Waals surface area contributed by atoms with Crippen LogP contribution in [0.2, 0.25) is 0 Å². The highest BCUT2D eigenvalue weighted by Gasteiger charge is 2.15. The second-order valence-electron chi connectivity index (χ2n) is 11.3. The summed E-state index contributed by atoms with van der Waals surface area (Å²) >= 11 is 12.5. The van der Waals surface area contributed by atoms with Gasteiger partial charge in [-0.25, -0.2) is 0 Å². The fourth-order valence-electron chi connectivity index (χ4n) is 4.73. The molecular formula is C39H41IN8OS5. The van der Waals surface area contributed by atoms with Crippen LogP contribution in [0.3, 0.4) is 0 Å². The molecule has 5 aliphatic heterocycles. The van der Waals surface area contributed by atoms with Gasteiger partial charge in [-0.05, 0) is 93.0 Å². The van der Waals surface area contributed by atoms with Gasteiger partial charge in [0.1, 0.15) is 5.04 Å². The van der Waals surface area contributed by atoms with Crippen molar-refractivity contribution in [2.75, 3.05) is 25.0 Å². The molecule has 0 aromatic carbocycles. The molecule has 0 spiro atoms. The van der Waals surface area contributed by atoms with E-state index in [4.69, 9.17) is 12.2 Å². The van der Waals surface area contributed by atoms with Crippen LogP contribution in [0.15, 0.2) is 134 Å². The number of aromatic nitrogens is 3. The number of thioether (sulfide) groups is 3. The van der Waals surface area contributed by atoms with Crippen molar-refractivity contribution in [3.8, 4) is 0 Å². The molecule has 5 aliphatic rings. The lowest BCUT2D eigenvalue weighted by Crippen LogP contribution is -2.05. The van der Waals surface area contributed by atoms with Gasteiger partial charge in [0.15, 0.2) is 0 Å². The maximum absolute atomic E-state index is 11.2. The average Bonchev–Trinajstić information content (AvgIpc) is 4.08. The Balaban J connectivity index is 0.000000154. The SMILES string of the molecule is CS(=O)C1=NC=C(c2cccnc2)C1.CSC1=NC=C(I)C1.CSC1=NC=C(c2cccnc2)C1.CSC1=NC=CC1.S=C1CC(c2cccnc2)=CN1. The van der Waals surface area contributed by atoms with E-state index in [0.29, 0.717) is 6.42 Å². The lowest BCUT2D eigenvalue weighted by Gasteiger charge is -2.00. The number of hydrogen-bond acceptors (Lipinski definition) is 12. The molecular weight excluding hydrogens is 884 g/mol. The van der Waals surface area contributed by atoms with Crippen LogP contribution in [0.4, 0.5) is 0 Å². The summed E-state index contributed by atoms with van der Waals surface area (Å²) in [5, 5.41) is 7.38. The van der Waals surface area contributed by atoms with E-state index < -0.39 is 10.8 Å². The number of allylic oxidation sites excluding steroid dienone is 4. The molecule has 0 saturated carbocycles. The van der Waals surface area contributed by atoms with Crippen LogP contribution in [-0.4, -0.2) is 69.3 Å². The average molecular weight is 925 g/mol. The first-order chi connectivity index (χ1) is 26.3. The Morgan fingerprint density at radius 1 is 0.685 bits per heavy atom. The lowest BCUT2D eigenvalue weighted by molar-refractivity contribution is 0.693. The number of nitrogens with one attached hydrogen (secondary N) is 1. The van der Waals surface area contributed by atoms with Crippen LogP contribution in [-0.2, 0) is 10.8 Å². The number of hydrogen-bond donors (Lipinski definition) is 1. The zero-order chi connectivity index (χ0) is 38.5. The second-order valence-corrected chi connectivity index (χ2v) is 17.2. The molecule has 280 valence electrons. The molecule has 9 nitrogen and oxygen atoms in total. The van der Waals surface area contributed by atoms with Gasteiger partial charge in [0, 0.05) is 110 Å². The van der Waals surface area contributed by atoms with Gasteiger partial charge >= 0.3 is 0 Å². The quantitative estimate of drug-likeness (QED) is 0.202. The largest absolute Gasteiger partial charge is 0.356 e. The molecule has 0 saturated heterocycles. The van der Waals surface area contributed by atoms with Gasteiger partial charge in [0.2, 0.25) is 0 Å². The lowest BCUT2D eigenvalue weighted by atomic mass is 10.1. The Morgan fingerprint density at radius 2 is 1.22 bits per heavy atom. The molecule has 1 N–H and O–H groups in total. The van der Waals surface area contributed by atoms with Crippen LogP contribution < -0.4 is 5.32 Å². The third kappa shape index (κ3) is 15.1. The first-order valence-electron chi connectivity index (χ1n) is 16.6. The molecule has 8 rings (SSSR count). The summed E-state index contributed by atoms with van der Waals surface area (Å²) in [4.78, 5) is 29.7. The van der Waals surface area contributed by atoms with E-state index in [9.17, 15) is 4.21 Å². The Bertz CT molecular complexity index is 2030. The third-order valence-electron chi connectivity index (χ3n) is 7.59. The number of thiocarbonyl (C=S) groups is 1. The van der Waals surface area contributed by atoms with Crippen molar-refractivity contribution in [1.29, 1.82) is 0 Å². The maximum atomic E-state index is 11.2. The van der Waals surface area contributed by atoms with Gasteiger partial charge in [-0.1, -0.05) is 36.5 Å². The summed E-state index contributed by atoms with van der Waals surface area (Å²) in [7, 11) is -0.958. The van der Waals surface area contributed by atoms with E-state index in [1.54, 1.807) is 72.5 Å². The molecule has 0 fully saturated rings. The van der Waals surface area contributed by atoms with E-state index in [-0.39, 0.29) is 0 Å². The Hall–Kier alpha value is -3.35. The van der Waals surface area contributed by atoms with Crippen molar-refractivity contribution in [3.05, 3.63) is 131 Å². The standard InChI is InChI=1S/C10H10N2OS.C10H10N2S.C9H8N2S.C5H6INS.C5H7NS/c1-14(13)10-5-9(7-12-10)8-3-2-4-11-6-8;1-13-10-5-9(7-12-10)8-3-2-4-11-6-8;12-9-4-8(6-11-9)7-2-1-3-10-5-7;1-8-5-2-4(6)3-7-5;1-7-5-3-2-4-6-5/h2-4,6-7H,5H2,1H3;2-4,6-7H,5H2,1H3;1-3,5-6H,4H2,(H,11,12);3H,2H2,1H3;2,4H,3H2,1H3. The fourth-order valence-corrected chi connectivity index (χ4v) is 7.61. The molecule has 1 unspecified atom stereocenters. The highest BCUT2D eigenvalue weighted by molar-refractivity contribution is 14.1. The second kappa shape index (κ2) is 24.2. The zero-order valence-electron chi connectivity index (χ0n) is 30.4. The van der Waals surface area contributed by atoms with Crippen molar-refractivity contribution in [1.82, 2.24) is 20.3 Å². The monoisotopic (exact) mass is 924 g/mol. The van der Waals surface area contributed by atoms with E-state index in [0.717, 1.165) is 52.4 Å². The molecule has 15 heteroatoms. The topological polar surface area (TPSA) is 117 Å². The minimum absolute atomic E-state index is 0.675. The van der Waals surface area contributed by atoms with Crippen molar-refractivity contribution in [3.63, 3.8) is 0 Å². The maximum Gasteiger partial charge on any atom is 0.108 e. The summed E-state index contributed by atoms with van der Waals surface area (Å²) in [6.45, 7) is 0. The van der Waals surface area contributed by atoms with Crippen molar-refractivity contribution >= 4 is 123 Å². The van der Waals surface area contributed by atoms with Crippen LogP contribution >= 0.6 is 70.1 Å². The predicted octanol–water partition coefficient (Wildman–Crippen LogP) is 10.0. The summed E-state index contributed by atoms with van der Waals surface area (Å²) in [5.41, 5.74) is 6.94. The van der Waals surface area contributed by atoms with E-state index in [1.165, 1.54) is 35.4 Å². The van der Waals surface area contributed by atoms with Gasteiger partial charge < -0.3 is 5.32 Å². The number of rotatable bonds is 3. The molecule has 54 heavy (non-hydrogen) atoms. The molecule has 3 aromatic rings. The number of pyridine rings is 3. The Labute approximate surface area is 352 Å². The summed E-state index contributed by atoms with van der Waals surface area (Å²) in [6.07, 6.45) is 34.7. The van der Waals surface area contributed by atoms with Gasteiger partial charge in [-0.15, -0.1) is 35.3 Å². The predicted molar refractivity (Wildman–Crippen MR) is 251 cm³/mol. The first kappa shape index (κ1) is 43.4. The normalized spacial score (nSPS) is 16.7. The molecule has 0 bridgehead atoms. The van der Waals surface area contributed by atoms with Crippen LogP contribution in [0, 0.1) is 0 Å². The smallest absolute Gasteiger partial charge is 0.108 e. The van der Waals surface area contributed by atoms with E-state index >= 15 is 0 Å². The third-order valence-corrected chi connectivity index (χ3v) is 11.6. The summed E-state index contributed by atoms with van der Waals surface area (Å²) in [5.74, 6) is 0. The zero-order valence-corrected chi connectivity index (χ0v) is 36.6.